The fourth-order valence-corrected chi connectivity index (χ4v) is 3.55. The molecule has 0 unspecified atom stereocenters. The quantitative estimate of drug-likeness (QED) is 0.665. The van der Waals surface area contributed by atoms with E-state index < -0.39 is 0 Å². The predicted molar refractivity (Wildman–Crippen MR) is 89.7 cm³/mol. The van der Waals surface area contributed by atoms with Gasteiger partial charge in [0.1, 0.15) is 0 Å². The molecular weight excluding hydrogens is 314 g/mol. The largest absolute Gasteiger partial charge is 0.246 e. The van der Waals surface area contributed by atoms with Crippen LogP contribution in [0.2, 0.25) is 0 Å². The van der Waals surface area contributed by atoms with Crippen LogP contribution >= 0.6 is 23.1 Å². The van der Waals surface area contributed by atoms with E-state index in [9.17, 15) is 0 Å². The maximum absolute atomic E-state index is 4.46. The van der Waals surface area contributed by atoms with Crippen LogP contribution in [0.3, 0.4) is 0 Å². The number of hydrogen-bond acceptors (Lipinski definition) is 6. The van der Waals surface area contributed by atoms with Gasteiger partial charge in [-0.15, -0.1) is 16.4 Å². The molecule has 0 saturated carbocycles. The van der Waals surface area contributed by atoms with E-state index >= 15 is 0 Å². The van der Waals surface area contributed by atoms with Crippen molar-refractivity contribution in [2.24, 2.45) is 0 Å². The Labute approximate surface area is 137 Å². The molecular formula is C15H17N5S2. The summed E-state index contributed by atoms with van der Waals surface area (Å²) in [5.74, 6) is 1.29. The fraction of sp³-hybridized carbons (Fsp3) is 0.333. The maximum atomic E-state index is 4.46. The summed E-state index contributed by atoms with van der Waals surface area (Å²) in [5.41, 5.74) is 3.35. The Hall–Kier alpha value is -1.73. The molecule has 0 aliphatic carbocycles. The number of benzene rings is 1. The van der Waals surface area contributed by atoms with Crippen LogP contribution in [0.25, 0.3) is 5.69 Å². The summed E-state index contributed by atoms with van der Waals surface area (Å²) in [6.07, 6.45) is 0. The molecule has 114 valence electrons. The van der Waals surface area contributed by atoms with E-state index in [-0.39, 0.29) is 0 Å². The van der Waals surface area contributed by atoms with Gasteiger partial charge in [0.05, 0.1) is 16.4 Å². The number of rotatable bonds is 5. The lowest BCUT2D eigenvalue weighted by atomic mass is 10.0. The summed E-state index contributed by atoms with van der Waals surface area (Å²) < 4.78 is 1.77. The summed E-state index contributed by atoms with van der Waals surface area (Å²) >= 11 is 3.26. The van der Waals surface area contributed by atoms with E-state index in [1.807, 2.05) is 6.92 Å². The number of aryl methyl sites for hydroxylation is 1. The summed E-state index contributed by atoms with van der Waals surface area (Å²) in [4.78, 5) is 4.46. The molecule has 0 atom stereocenters. The predicted octanol–water partition coefficient (Wildman–Crippen LogP) is 3.84. The van der Waals surface area contributed by atoms with Crippen molar-refractivity contribution >= 4 is 23.1 Å². The van der Waals surface area contributed by atoms with Gasteiger partial charge < -0.3 is 0 Å². The van der Waals surface area contributed by atoms with Gasteiger partial charge in [-0.25, -0.2) is 4.98 Å². The van der Waals surface area contributed by atoms with Crippen LogP contribution in [0, 0.1) is 6.92 Å². The second kappa shape index (κ2) is 6.58. The standard InChI is InChI=1S/C15H17N5S2/c1-10(2)12-4-6-14(7-5-12)20-15(17-18-19-20)22-9-13-8-21-11(3)16-13/h4-8,10H,9H2,1-3H3. The molecule has 0 radical (unpaired) electrons. The van der Waals surface area contributed by atoms with Crippen LogP contribution in [0.4, 0.5) is 0 Å². The lowest BCUT2D eigenvalue weighted by Gasteiger charge is -2.07. The molecule has 0 aliphatic rings. The summed E-state index contributed by atoms with van der Waals surface area (Å²) in [6.45, 7) is 6.38. The molecule has 3 aromatic rings. The minimum absolute atomic E-state index is 0.518. The molecule has 0 N–H and O–H groups in total. The molecule has 0 spiro atoms. The number of aromatic nitrogens is 5. The first-order chi connectivity index (χ1) is 10.6. The van der Waals surface area contributed by atoms with E-state index in [1.54, 1.807) is 27.8 Å². The summed E-state index contributed by atoms with van der Waals surface area (Å²) in [5, 5.41) is 15.9. The number of hydrogen-bond donors (Lipinski definition) is 0. The van der Waals surface area contributed by atoms with Crippen molar-refractivity contribution in [1.29, 1.82) is 0 Å². The van der Waals surface area contributed by atoms with Gasteiger partial charge in [0.2, 0.25) is 5.16 Å². The van der Waals surface area contributed by atoms with E-state index in [0.29, 0.717) is 5.92 Å². The highest BCUT2D eigenvalue weighted by Gasteiger charge is 2.10. The van der Waals surface area contributed by atoms with Crippen molar-refractivity contribution in [1.82, 2.24) is 25.2 Å². The van der Waals surface area contributed by atoms with E-state index in [2.05, 4.69) is 64.0 Å². The van der Waals surface area contributed by atoms with Crippen LogP contribution in [-0.2, 0) is 5.75 Å². The van der Waals surface area contributed by atoms with Crippen LogP contribution in [0.5, 0.6) is 0 Å². The fourth-order valence-electron chi connectivity index (χ4n) is 2.04. The highest BCUT2D eigenvalue weighted by molar-refractivity contribution is 7.98. The van der Waals surface area contributed by atoms with E-state index in [4.69, 9.17) is 0 Å². The molecule has 0 saturated heterocycles. The Kier molecular flexibility index (Phi) is 4.54. The van der Waals surface area contributed by atoms with Crippen molar-refractivity contribution < 1.29 is 0 Å². The van der Waals surface area contributed by atoms with Gasteiger partial charge in [-0.05, 0) is 41.0 Å². The highest BCUT2D eigenvalue weighted by Crippen LogP contribution is 2.24. The third-order valence-corrected chi connectivity index (χ3v) is 5.04. The first-order valence-corrected chi connectivity index (χ1v) is 8.92. The first kappa shape index (κ1) is 15.2. The average molecular weight is 331 g/mol. The van der Waals surface area contributed by atoms with E-state index in [0.717, 1.165) is 27.3 Å². The molecule has 7 heteroatoms. The normalized spacial score (nSPS) is 11.3. The Morgan fingerprint density at radius 1 is 1.23 bits per heavy atom. The molecule has 2 heterocycles. The average Bonchev–Trinajstić information content (AvgIpc) is 3.14. The minimum atomic E-state index is 0.518. The topological polar surface area (TPSA) is 56.5 Å². The van der Waals surface area contributed by atoms with Crippen molar-refractivity contribution in [3.8, 4) is 5.69 Å². The van der Waals surface area contributed by atoms with Gasteiger partial charge in [0, 0.05) is 11.1 Å². The zero-order valence-corrected chi connectivity index (χ0v) is 14.4. The van der Waals surface area contributed by atoms with Crippen LogP contribution in [0.15, 0.2) is 34.8 Å². The Bertz CT molecular complexity index is 745. The molecule has 0 amide bonds. The Balaban J connectivity index is 1.76. The van der Waals surface area contributed by atoms with Gasteiger partial charge in [0.25, 0.3) is 0 Å². The van der Waals surface area contributed by atoms with Crippen molar-refractivity contribution in [2.45, 2.75) is 37.6 Å². The van der Waals surface area contributed by atoms with Crippen molar-refractivity contribution in [2.75, 3.05) is 0 Å². The first-order valence-electron chi connectivity index (χ1n) is 7.06. The molecule has 5 nitrogen and oxygen atoms in total. The van der Waals surface area contributed by atoms with Crippen molar-refractivity contribution in [3.63, 3.8) is 0 Å². The third kappa shape index (κ3) is 3.36. The van der Waals surface area contributed by atoms with Gasteiger partial charge in [-0.2, -0.15) is 4.68 Å². The van der Waals surface area contributed by atoms with Crippen molar-refractivity contribution in [3.05, 3.63) is 45.9 Å². The van der Waals surface area contributed by atoms with Crippen LogP contribution < -0.4 is 0 Å². The summed E-state index contributed by atoms with van der Waals surface area (Å²) in [7, 11) is 0. The highest BCUT2D eigenvalue weighted by atomic mass is 32.2. The smallest absolute Gasteiger partial charge is 0.214 e. The van der Waals surface area contributed by atoms with Gasteiger partial charge in [-0.3, -0.25) is 0 Å². The van der Waals surface area contributed by atoms with E-state index in [1.165, 1.54) is 5.56 Å². The molecule has 1 aromatic carbocycles. The Morgan fingerprint density at radius 3 is 2.64 bits per heavy atom. The zero-order valence-electron chi connectivity index (χ0n) is 12.7. The second-order valence-corrected chi connectivity index (χ2v) is 7.27. The van der Waals surface area contributed by atoms with Crippen LogP contribution in [-0.4, -0.2) is 25.2 Å². The Morgan fingerprint density at radius 2 is 2.00 bits per heavy atom. The lowest BCUT2D eigenvalue weighted by Crippen LogP contribution is -2.00. The molecule has 3 rings (SSSR count). The number of nitrogens with zero attached hydrogens (tertiary/aromatic N) is 5. The van der Waals surface area contributed by atoms with Gasteiger partial charge in [-0.1, -0.05) is 37.7 Å². The monoisotopic (exact) mass is 331 g/mol. The number of thiazole rings is 1. The van der Waals surface area contributed by atoms with Crippen LogP contribution in [0.1, 0.15) is 36.0 Å². The molecule has 0 fully saturated rings. The summed E-state index contributed by atoms with van der Waals surface area (Å²) in [6, 6.07) is 8.37. The molecule has 22 heavy (non-hydrogen) atoms. The molecule has 0 aliphatic heterocycles. The SMILES string of the molecule is Cc1nc(CSc2nnnn2-c2ccc(C(C)C)cc2)cs1. The van der Waals surface area contributed by atoms with Gasteiger partial charge in [0.15, 0.2) is 0 Å². The third-order valence-electron chi connectivity index (χ3n) is 3.26. The second-order valence-electron chi connectivity index (χ2n) is 5.27. The maximum Gasteiger partial charge on any atom is 0.214 e. The zero-order chi connectivity index (χ0) is 15.5. The van der Waals surface area contributed by atoms with Gasteiger partial charge >= 0.3 is 0 Å². The molecule has 0 bridgehead atoms. The number of tetrazole rings is 1. The lowest BCUT2D eigenvalue weighted by molar-refractivity contribution is 0.754. The minimum Gasteiger partial charge on any atom is -0.246 e. The molecule has 2 aromatic heterocycles. The number of thioether (sulfide) groups is 1.